The molecule has 0 radical (unpaired) electrons. The van der Waals surface area contributed by atoms with Gasteiger partial charge in [-0.3, -0.25) is 14.3 Å². The first kappa shape index (κ1) is 13.8. The number of rotatable bonds is 3. The molecule has 2 rings (SSSR count). The first-order chi connectivity index (χ1) is 9.40. The van der Waals surface area contributed by atoms with E-state index in [2.05, 4.69) is 10.3 Å². The fraction of sp³-hybridized carbons (Fsp3) is 0.167. The van der Waals surface area contributed by atoms with Gasteiger partial charge in [0.1, 0.15) is 23.1 Å². The van der Waals surface area contributed by atoms with Crippen molar-refractivity contribution in [3.05, 3.63) is 56.2 Å². The highest BCUT2D eigenvalue weighted by atomic mass is 19.1. The molecular formula is C12H12F2N4O2. The Hall–Kier alpha value is -2.64. The molecule has 0 amide bonds. The van der Waals surface area contributed by atoms with Gasteiger partial charge in [-0.2, -0.15) is 0 Å². The van der Waals surface area contributed by atoms with E-state index < -0.39 is 22.9 Å². The van der Waals surface area contributed by atoms with Gasteiger partial charge in [-0.25, -0.2) is 13.6 Å². The fourth-order valence-corrected chi connectivity index (χ4v) is 1.67. The van der Waals surface area contributed by atoms with Gasteiger partial charge < -0.3 is 11.1 Å². The second-order valence-electron chi connectivity index (χ2n) is 4.17. The summed E-state index contributed by atoms with van der Waals surface area (Å²) in [4.78, 5) is 24.9. The van der Waals surface area contributed by atoms with E-state index in [-0.39, 0.29) is 23.6 Å². The van der Waals surface area contributed by atoms with Gasteiger partial charge in [0.05, 0.1) is 0 Å². The van der Waals surface area contributed by atoms with E-state index in [1.807, 2.05) is 0 Å². The van der Waals surface area contributed by atoms with Crippen LogP contribution in [0.5, 0.6) is 0 Å². The highest BCUT2D eigenvalue weighted by molar-refractivity contribution is 5.60. The van der Waals surface area contributed by atoms with Gasteiger partial charge in [0.15, 0.2) is 0 Å². The van der Waals surface area contributed by atoms with Gasteiger partial charge in [-0.15, -0.1) is 0 Å². The number of benzene rings is 1. The van der Waals surface area contributed by atoms with Crippen LogP contribution >= 0.6 is 0 Å². The number of hydrogen-bond donors (Lipinski definition) is 3. The minimum Gasteiger partial charge on any atom is -0.383 e. The number of aromatic nitrogens is 2. The van der Waals surface area contributed by atoms with Crippen LogP contribution in [0.4, 0.5) is 20.3 Å². The molecule has 0 fully saturated rings. The molecule has 0 aliphatic carbocycles. The van der Waals surface area contributed by atoms with Crippen LogP contribution < -0.4 is 22.3 Å². The Morgan fingerprint density at radius 2 is 2.05 bits per heavy atom. The lowest BCUT2D eigenvalue weighted by Crippen LogP contribution is -2.32. The number of aromatic amines is 1. The first-order valence-corrected chi connectivity index (χ1v) is 5.66. The van der Waals surface area contributed by atoms with Crippen molar-refractivity contribution in [2.75, 3.05) is 11.1 Å². The summed E-state index contributed by atoms with van der Waals surface area (Å²) in [6.45, 7) is -0.144. The summed E-state index contributed by atoms with van der Waals surface area (Å²) in [6, 6.07) is 2.99. The van der Waals surface area contributed by atoms with Crippen LogP contribution in [0.3, 0.4) is 0 Å². The van der Waals surface area contributed by atoms with E-state index in [1.54, 1.807) is 0 Å². The van der Waals surface area contributed by atoms with Crippen LogP contribution in [0.25, 0.3) is 0 Å². The Balaban J connectivity index is 2.32. The molecule has 0 aliphatic heterocycles. The van der Waals surface area contributed by atoms with Crippen molar-refractivity contribution in [1.29, 1.82) is 0 Å². The number of nitrogens with zero attached hydrogens (tertiary/aromatic N) is 1. The molecule has 0 aliphatic rings. The Labute approximate surface area is 111 Å². The minimum absolute atomic E-state index is 0.0395. The fourth-order valence-electron chi connectivity index (χ4n) is 1.67. The van der Waals surface area contributed by atoms with E-state index >= 15 is 0 Å². The molecule has 8 heteroatoms. The summed E-state index contributed by atoms with van der Waals surface area (Å²) in [7, 11) is 1.38. The predicted octanol–water partition coefficient (Wildman–Crippen LogP) is 0.546. The number of nitrogen functional groups attached to an aromatic ring is 1. The highest BCUT2D eigenvalue weighted by Crippen LogP contribution is 2.14. The van der Waals surface area contributed by atoms with E-state index in [1.165, 1.54) is 7.05 Å². The lowest BCUT2D eigenvalue weighted by molar-refractivity contribution is 0.587. The maximum Gasteiger partial charge on any atom is 0.329 e. The summed E-state index contributed by atoms with van der Waals surface area (Å²) in [5, 5.41) is 2.60. The third-order valence-electron chi connectivity index (χ3n) is 2.83. The Kier molecular flexibility index (Phi) is 3.55. The monoisotopic (exact) mass is 282 g/mol. The molecule has 0 unspecified atom stereocenters. The normalized spacial score (nSPS) is 10.6. The summed E-state index contributed by atoms with van der Waals surface area (Å²) >= 11 is 0. The van der Waals surface area contributed by atoms with Crippen molar-refractivity contribution in [3.8, 4) is 0 Å². The molecule has 0 spiro atoms. The molecule has 2 aromatic rings. The topological polar surface area (TPSA) is 92.9 Å². The molecule has 0 saturated heterocycles. The van der Waals surface area contributed by atoms with Crippen LogP contribution in [-0.2, 0) is 13.6 Å². The molecule has 1 heterocycles. The summed E-state index contributed by atoms with van der Waals surface area (Å²) < 4.78 is 27.5. The van der Waals surface area contributed by atoms with E-state index in [4.69, 9.17) is 5.73 Å². The van der Waals surface area contributed by atoms with E-state index in [0.29, 0.717) is 0 Å². The van der Waals surface area contributed by atoms with Gasteiger partial charge in [0.25, 0.3) is 5.56 Å². The second kappa shape index (κ2) is 5.16. The molecule has 1 aromatic heterocycles. The number of hydrogen-bond acceptors (Lipinski definition) is 4. The van der Waals surface area contributed by atoms with Crippen LogP contribution in [0.1, 0.15) is 5.56 Å². The predicted molar refractivity (Wildman–Crippen MR) is 70.4 cm³/mol. The average Bonchev–Trinajstić information content (AvgIpc) is 2.40. The molecule has 106 valence electrons. The van der Waals surface area contributed by atoms with Crippen molar-refractivity contribution in [2.45, 2.75) is 6.54 Å². The number of halogens is 2. The lowest BCUT2D eigenvalue weighted by atomic mass is 10.2. The Morgan fingerprint density at radius 3 is 2.75 bits per heavy atom. The maximum absolute atomic E-state index is 13.4. The Bertz CT molecular complexity index is 767. The molecule has 0 saturated carbocycles. The molecular weight excluding hydrogens is 270 g/mol. The van der Waals surface area contributed by atoms with Gasteiger partial charge >= 0.3 is 5.69 Å². The molecule has 4 N–H and O–H groups in total. The summed E-state index contributed by atoms with van der Waals surface area (Å²) in [5.74, 6) is -1.29. The zero-order chi connectivity index (χ0) is 14.9. The SMILES string of the molecule is Cn1c(N)c(NCc2cc(F)ccc2F)c(=O)[nH]c1=O. The van der Waals surface area contributed by atoms with Crippen LogP contribution in [0.15, 0.2) is 27.8 Å². The van der Waals surface area contributed by atoms with E-state index in [9.17, 15) is 18.4 Å². The lowest BCUT2D eigenvalue weighted by Gasteiger charge is -2.11. The van der Waals surface area contributed by atoms with Gasteiger partial charge in [-0.05, 0) is 18.2 Å². The van der Waals surface area contributed by atoms with Gasteiger partial charge in [-0.1, -0.05) is 0 Å². The van der Waals surface area contributed by atoms with Crippen LogP contribution in [0, 0.1) is 11.6 Å². The van der Waals surface area contributed by atoms with Crippen molar-refractivity contribution in [1.82, 2.24) is 9.55 Å². The quantitative estimate of drug-likeness (QED) is 0.766. The molecule has 0 bridgehead atoms. The Morgan fingerprint density at radius 1 is 1.35 bits per heavy atom. The number of H-pyrrole nitrogens is 1. The second-order valence-corrected chi connectivity index (χ2v) is 4.17. The standard InChI is InChI=1S/C12H12F2N4O2/c1-18-10(15)9(11(19)17-12(18)20)16-5-6-4-7(13)2-3-8(6)14/h2-4,16H,5,15H2,1H3,(H,17,19,20). The highest BCUT2D eigenvalue weighted by Gasteiger charge is 2.11. The van der Waals surface area contributed by atoms with Crippen molar-refractivity contribution in [2.24, 2.45) is 7.05 Å². The number of anilines is 2. The van der Waals surface area contributed by atoms with Crippen LogP contribution in [0.2, 0.25) is 0 Å². The third-order valence-corrected chi connectivity index (χ3v) is 2.83. The van der Waals surface area contributed by atoms with Crippen molar-refractivity contribution in [3.63, 3.8) is 0 Å². The summed E-state index contributed by atoms with van der Waals surface area (Å²) in [6.07, 6.45) is 0. The smallest absolute Gasteiger partial charge is 0.329 e. The maximum atomic E-state index is 13.4. The zero-order valence-electron chi connectivity index (χ0n) is 10.5. The third kappa shape index (κ3) is 2.53. The average molecular weight is 282 g/mol. The van der Waals surface area contributed by atoms with Gasteiger partial charge in [0.2, 0.25) is 0 Å². The van der Waals surface area contributed by atoms with Crippen molar-refractivity contribution >= 4 is 11.5 Å². The minimum atomic E-state index is -0.720. The zero-order valence-corrected chi connectivity index (χ0v) is 10.5. The number of nitrogens with one attached hydrogen (secondary N) is 2. The van der Waals surface area contributed by atoms with Gasteiger partial charge in [0, 0.05) is 19.2 Å². The van der Waals surface area contributed by atoms with Crippen molar-refractivity contribution < 1.29 is 8.78 Å². The largest absolute Gasteiger partial charge is 0.383 e. The molecule has 20 heavy (non-hydrogen) atoms. The number of nitrogens with two attached hydrogens (primary N) is 1. The van der Waals surface area contributed by atoms with E-state index in [0.717, 1.165) is 22.8 Å². The molecule has 1 aromatic carbocycles. The summed E-state index contributed by atoms with van der Waals surface area (Å²) in [5.41, 5.74) is 4.22. The molecule has 6 nitrogen and oxygen atoms in total. The van der Waals surface area contributed by atoms with Crippen LogP contribution in [-0.4, -0.2) is 9.55 Å². The molecule has 0 atom stereocenters. The first-order valence-electron chi connectivity index (χ1n) is 5.66.